The van der Waals surface area contributed by atoms with Crippen molar-refractivity contribution < 1.29 is 13.9 Å². The summed E-state index contributed by atoms with van der Waals surface area (Å²) in [5.41, 5.74) is 2.19. The molecule has 0 radical (unpaired) electrons. The van der Waals surface area contributed by atoms with Crippen LogP contribution in [0.4, 0.5) is 5.95 Å². The normalized spacial score (nSPS) is 13.6. The Morgan fingerprint density at radius 1 is 1.24 bits per heavy atom. The lowest BCUT2D eigenvalue weighted by Crippen LogP contribution is -2.38. The number of hydrogen-bond donors (Lipinski definition) is 0. The van der Waals surface area contributed by atoms with Gasteiger partial charge < -0.3 is 19.0 Å². The van der Waals surface area contributed by atoms with Gasteiger partial charge in [0.1, 0.15) is 5.76 Å². The molecule has 178 valence electrons. The van der Waals surface area contributed by atoms with Crippen LogP contribution in [0.25, 0.3) is 5.69 Å². The van der Waals surface area contributed by atoms with Crippen LogP contribution in [0.5, 0.6) is 0 Å². The van der Waals surface area contributed by atoms with Crippen molar-refractivity contribution in [1.82, 2.24) is 19.7 Å². The van der Waals surface area contributed by atoms with Gasteiger partial charge in [-0.25, -0.2) is 0 Å². The molecule has 1 aliphatic heterocycles. The fourth-order valence-corrected chi connectivity index (χ4v) is 4.60. The Hall–Kier alpha value is -3.29. The molecule has 0 atom stereocenters. The first-order valence-electron chi connectivity index (χ1n) is 11.4. The molecule has 1 fully saturated rings. The van der Waals surface area contributed by atoms with E-state index in [2.05, 4.69) is 40.2 Å². The number of anilines is 1. The largest absolute Gasteiger partial charge is 0.467 e. The van der Waals surface area contributed by atoms with Gasteiger partial charge >= 0.3 is 0 Å². The summed E-state index contributed by atoms with van der Waals surface area (Å²) in [5.74, 6) is 1.54. The third kappa shape index (κ3) is 5.79. The van der Waals surface area contributed by atoms with E-state index in [0.717, 1.165) is 31.1 Å². The van der Waals surface area contributed by atoms with Gasteiger partial charge in [0.2, 0.25) is 11.9 Å². The molecule has 3 heterocycles. The molecule has 2 aromatic heterocycles. The van der Waals surface area contributed by atoms with Crippen LogP contribution in [0.1, 0.15) is 24.7 Å². The lowest BCUT2D eigenvalue weighted by molar-refractivity contribution is -0.129. The van der Waals surface area contributed by atoms with Gasteiger partial charge in [0.15, 0.2) is 5.16 Å². The van der Waals surface area contributed by atoms with Crippen molar-refractivity contribution in [2.75, 3.05) is 43.5 Å². The highest BCUT2D eigenvalue weighted by Crippen LogP contribution is 2.28. The van der Waals surface area contributed by atoms with Crippen LogP contribution >= 0.6 is 11.8 Å². The quantitative estimate of drug-likeness (QED) is 0.408. The summed E-state index contributed by atoms with van der Waals surface area (Å²) in [5, 5.41) is 18.6. The van der Waals surface area contributed by atoms with E-state index in [4.69, 9.17) is 14.4 Å². The molecule has 1 aromatic carbocycles. The molecule has 0 unspecified atom stereocenters. The molecule has 0 spiro atoms. The van der Waals surface area contributed by atoms with Crippen LogP contribution < -0.4 is 4.90 Å². The molecule has 1 saturated heterocycles. The van der Waals surface area contributed by atoms with Crippen molar-refractivity contribution in [1.29, 1.82) is 5.26 Å². The highest BCUT2D eigenvalue weighted by molar-refractivity contribution is 7.99. The molecular formula is C24H28N6O3S. The molecule has 9 nitrogen and oxygen atoms in total. The third-order valence-corrected chi connectivity index (χ3v) is 6.50. The number of furan rings is 1. The summed E-state index contributed by atoms with van der Waals surface area (Å²) < 4.78 is 12.9. The molecule has 0 bridgehead atoms. The van der Waals surface area contributed by atoms with Crippen LogP contribution in [0, 0.1) is 11.3 Å². The maximum Gasteiger partial charge on any atom is 0.233 e. The Labute approximate surface area is 203 Å². The molecule has 34 heavy (non-hydrogen) atoms. The Morgan fingerprint density at radius 2 is 2.09 bits per heavy atom. The standard InChI is InChI=1S/C24H28N6O3S/c1-2-19-6-3-7-20(16-19)30-23(28-11-14-32-15-12-28)26-27-24(30)34-18-22(31)29(10-5-9-25)17-21-8-4-13-33-21/h3-4,6-8,13,16H,2,5,10-12,14-15,17-18H2,1H3. The van der Waals surface area contributed by atoms with Crippen LogP contribution in [0.2, 0.25) is 0 Å². The van der Waals surface area contributed by atoms with Crippen LogP contribution in [0.3, 0.4) is 0 Å². The average Bonchev–Trinajstić information content (AvgIpc) is 3.55. The number of carbonyl (C=O) groups excluding carboxylic acids is 1. The molecule has 0 saturated carbocycles. The Morgan fingerprint density at radius 3 is 2.82 bits per heavy atom. The third-order valence-electron chi connectivity index (χ3n) is 5.58. The second kappa shape index (κ2) is 11.7. The predicted octanol–water partition coefficient (Wildman–Crippen LogP) is 3.29. The Bertz CT molecular complexity index is 1120. The van der Waals surface area contributed by atoms with Gasteiger partial charge in [-0.05, 0) is 36.2 Å². The lowest BCUT2D eigenvalue weighted by Gasteiger charge is -2.28. The smallest absolute Gasteiger partial charge is 0.233 e. The van der Waals surface area contributed by atoms with Crippen LogP contribution in [-0.4, -0.2) is 64.2 Å². The summed E-state index contributed by atoms with van der Waals surface area (Å²) >= 11 is 1.35. The number of nitriles is 1. The molecule has 3 aromatic rings. The SMILES string of the molecule is CCc1cccc(-n2c(SCC(=O)N(CCC#N)Cc3ccco3)nnc2N2CCOCC2)c1. The van der Waals surface area contributed by atoms with Crippen molar-refractivity contribution in [2.45, 2.75) is 31.5 Å². The van der Waals surface area contributed by atoms with Crippen LogP contribution in [-0.2, 0) is 22.5 Å². The van der Waals surface area contributed by atoms with Gasteiger partial charge in [0.05, 0.1) is 50.0 Å². The minimum absolute atomic E-state index is 0.0820. The second-order valence-electron chi connectivity index (χ2n) is 7.83. The number of aromatic nitrogens is 3. The van der Waals surface area contributed by atoms with E-state index in [0.29, 0.717) is 37.2 Å². The van der Waals surface area contributed by atoms with E-state index < -0.39 is 0 Å². The van der Waals surface area contributed by atoms with Crippen molar-refractivity contribution in [3.63, 3.8) is 0 Å². The maximum absolute atomic E-state index is 13.1. The monoisotopic (exact) mass is 480 g/mol. The summed E-state index contributed by atoms with van der Waals surface area (Å²) in [4.78, 5) is 16.9. The number of rotatable bonds is 10. The van der Waals surface area contributed by atoms with Crippen molar-refractivity contribution in [3.05, 3.63) is 54.0 Å². The number of carbonyl (C=O) groups is 1. The van der Waals surface area contributed by atoms with Crippen molar-refractivity contribution >= 4 is 23.6 Å². The van der Waals surface area contributed by atoms with Crippen molar-refractivity contribution in [2.24, 2.45) is 0 Å². The van der Waals surface area contributed by atoms with E-state index in [-0.39, 0.29) is 18.1 Å². The molecule has 4 rings (SSSR count). The zero-order chi connectivity index (χ0) is 23.8. The van der Waals surface area contributed by atoms with E-state index in [1.807, 2.05) is 22.8 Å². The summed E-state index contributed by atoms with van der Waals surface area (Å²) in [6.07, 6.45) is 2.76. The van der Waals surface area contributed by atoms with E-state index in [1.165, 1.54) is 17.3 Å². The molecular weight excluding hydrogens is 452 g/mol. The van der Waals surface area contributed by atoms with Gasteiger partial charge in [0.25, 0.3) is 0 Å². The number of benzene rings is 1. The topological polar surface area (TPSA) is 100 Å². The average molecular weight is 481 g/mol. The zero-order valence-electron chi connectivity index (χ0n) is 19.2. The highest BCUT2D eigenvalue weighted by Gasteiger charge is 2.23. The van der Waals surface area contributed by atoms with Gasteiger partial charge in [-0.15, -0.1) is 10.2 Å². The minimum atomic E-state index is -0.0820. The first kappa shape index (κ1) is 23.9. The molecule has 0 aliphatic carbocycles. The number of ether oxygens (including phenoxy) is 1. The summed E-state index contributed by atoms with van der Waals surface area (Å²) in [6, 6.07) is 14.0. The first-order chi connectivity index (χ1) is 16.7. The molecule has 1 aliphatic rings. The Balaban J connectivity index is 1.56. The lowest BCUT2D eigenvalue weighted by atomic mass is 10.1. The van der Waals surface area contributed by atoms with E-state index in [9.17, 15) is 4.79 Å². The second-order valence-corrected chi connectivity index (χ2v) is 8.77. The predicted molar refractivity (Wildman–Crippen MR) is 129 cm³/mol. The number of amides is 1. The maximum atomic E-state index is 13.1. The zero-order valence-corrected chi connectivity index (χ0v) is 20.0. The Kier molecular flexibility index (Phi) is 8.22. The first-order valence-corrected chi connectivity index (χ1v) is 12.4. The highest BCUT2D eigenvalue weighted by atomic mass is 32.2. The van der Waals surface area contributed by atoms with Gasteiger partial charge in [-0.3, -0.25) is 9.36 Å². The molecule has 1 amide bonds. The number of hydrogen-bond acceptors (Lipinski definition) is 8. The molecule has 0 N–H and O–H groups in total. The van der Waals surface area contributed by atoms with E-state index in [1.54, 1.807) is 17.2 Å². The summed E-state index contributed by atoms with van der Waals surface area (Å²) in [6.45, 7) is 5.56. The fraction of sp³-hybridized carbons (Fsp3) is 0.417. The van der Waals surface area contributed by atoms with Crippen molar-refractivity contribution in [3.8, 4) is 11.8 Å². The summed E-state index contributed by atoms with van der Waals surface area (Å²) in [7, 11) is 0. The molecule has 10 heteroatoms. The van der Waals surface area contributed by atoms with Gasteiger partial charge in [-0.2, -0.15) is 5.26 Å². The number of nitrogens with zero attached hydrogens (tertiary/aromatic N) is 6. The number of aryl methyl sites for hydroxylation is 1. The number of morpholine rings is 1. The van der Waals surface area contributed by atoms with Gasteiger partial charge in [0, 0.05) is 19.6 Å². The minimum Gasteiger partial charge on any atom is -0.467 e. The number of thioether (sulfide) groups is 1. The van der Waals surface area contributed by atoms with Crippen LogP contribution in [0.15, 0.2) is 52.2 Å². The van der Waals surface area contributed by atoms with E-state index >= 15 is 0 Å². The van der Waals surface area contributed by atoms with Gasteiger partial charge in [-0.1, -0.05) is 30.8 Å². The fourth-order valence-electron chi connectivity index (χ4n) is 3.75.